The summed E-state index contributed by atoms with van der Waals surface area (Å²) in [4.78, 5) is 13.5. The van der Waals surface area contributed by atoms with E-state index in [0.717, 1.165) is 37.4 Å². The van der Waals surface area contributed by atoms with Crippen molar-refractivity contribution in [1.82, 2.24) is 5.32 Å². The minimum Gasteiger partial charge on any atom is -0.484 e. The average molecular weight is 345 g/mol. The SMILES string of the molecule is Cc1cccc(OCC(=O)NCC2(c3cccs3)CCOCC2)c1. The molecule has 0 unspecified atom stereocenters. The number of amides is 1. The lowest BCUT2D eigenvalue weighted by Crippen LogP contribution is -2.45. The van der Waals surface area contributed by atoms with Gasteiger partial charge in [-0.1, -0.05) is 18.2 Å². The van der Waals surface area contributed by atoms with E-state index < -0.39 is 0 Å². The smallest absolute Gasteiger partial charge is 0.257 e. The van der Waals surface area contributed by atoms with E-state index >= 15 is 0 Å². The van der Waals surface area contributed by atoms with Gasteiger partial charge < -0.3 is 14.8 Å². The third kappa shape index (κ3) is 4.16. The molecule has 3 rings (SSSR count). The number of hydrogen-bond donors (Lipinski definition) is 1. The van der Waals surface area contributed by atoms with Gasteiger partial charge in [-0.2, -0.15) is 0 Å². The normalized spacial score (nSPS) is 16.5. The first-order valence-electron chi connectivity index (χ1n) is 8.26. The Kier molecular flexibility index (Phi) is 5.53. The number of carbonyl (C=O) groups excluding carboxylic acids is 1. The van der Waals surface area contributed by atoms with E-state index in [4.69, 9.17) is 9.47 Å². The fourth-order valence-corrected chi connectivity index (χ4v) is 4.01. The van der Waals surface area contributed by atoms with Crippen molar-refractivity contribution in [1.29, 1.82) is 0 Å². The summed E-state index contributed by atoms with van der Waals surface area (Å²) in [5, 5.41) is 5.15. The summed E-state index contributed by atoms with van der Waals surface area (Å²) >= 11 is 1.75. The van der Waals surface area contributed by atoms with Gasteiger partial charge in [0.2, 0.25) is 0 Å². The van der Waals surface area contributed by atoms with Crippen LogP contribution in [0.2, 0.25) is 0 Å². The van der Waals surface area contributed by atoms with Crippen LogP contribution < -0.4 is 10.1 Å². The van der Waals surface area contributed by atoms with Crippen LogP contribution in [-0.2, 0) is 14.9 Å². The molecule has 5 heteroatoms. The second-order valence-corrected chi connectivity index (χ2v) is 7.20. The van der Waals surface area contributed by atoms with Crippen LogP contribution in [0.4, 0.5) is 0 Å². The van der Waals surface area contributed by atoms with E-state index in [2.05, 4.69) is 22.8 Å². The lowest BCUT2D eigenvalue weighted by molar-refractivity contribution is -0.123. The van der Waals surface area contributed by atoms with Gasteiger partial charge in [-0.25, -0.2) is 0 Å². The highest BCUT2D eigenvalue weighted by Crippen LogP contribution is 2.36. The molecule has 1 saturated heterocycles. The standard InChI is InChI=1S/C19H23NO3S/c1-15-4-2-5-16(12-15)23-13-18(21)20-14-19(7-9-22-10-8-19)17-6-3-11-24-17/h2-6,11-12H,7-10,13-14H2,1H3,(H,20,21). The van der Waals surface area contributed by atoms with Gasteiger partial charge in [0.05, 0.1) is 0 Å². The van der Waals surface area contributed by atoms with Crippen molar-refractivity contribution >= 4 is 17.2 Å². The molecule has 1 amide bonds. The van der Waals surface area contributed by atoms with Gasteiger partial charge in [0.15, 0.2) is 6.61 Å². The van der Waals surface area contributed by atoms with Crippen molar-refractivity contribution in [2.24, 2.45) is 0 Å². The Bertz CT molecular complexity index is 663. The number of carbonyl (C=O) groups is 1. The van der Waals surface area contributed by atoms with E-state index in [1.807, 2.05) is 31.2 Å². The number of thiophene rings is 1. The minimum absolute atomic E-state index is 0.00852. The van der Waals surface area contributed by atoms with Gasteiger partial charge in [-0.15, -0.1) is 11.3 Å². The molecule has 24 heavy (non-hydrogen) atoms. The molecule has 0 radical (unpaired) electrons. The Morgan fingerprint density at radius 1 is 1.29 bits per heavy atom. The first-order valence-corrected chi connectivity index (χ1v) is 9.14. The predicted octanol–water partition coefficient (Wildman–Crippen LogP) is 3.30. The van der Waals surface area contributed by atoms with Gasteiger partial charge >= 0.3 is 0 Å². The molecule has 0 aliphatic carbocycles. The molecule has 0 spiro atoms. The zero-order valence-corrected chi connectivity index (χ0v) is 14.7. The molecule has 1 fully saturated rings. The van der Waals surface area contributed by atoms with E-state index in [1.165, 1.54) is 4.88 Å². The predicted molar refractivity (Wildman–Crippen MR) is 95.7 cm³/mol. The second-order valence-electron chi connectivity index (χ2n) is 6.25. The van der Waals surface area contributed by atoms with Crippen molar-refractivity contribution in [3.63, 3.8) is 0 Å². The molecule has 1 N–H and O–H groups in total. The highest BCUT2D eigenvalue weighted by atomic mass is 32.1. The van der Waals surface area contributed by atoms with Crippen LogP contribution in [0.3, 0.4) is 0 Å². The maximum absolute atomic E-state index is 12.2. The van der Waals surface area contributed by atoms with Gasteiger partial charge in [-0.3, -0.25) is 4.79 Å². The summed E-state index contributed by atoms with van der Waals surface area (Å²) in [5.74, 6) is 0.642. The quantitative estimate of drug-likeness (QED) is 0.874. The summed E-state index contributed by atoms with van der Waals surface area (Å²) in [6.07, 6.45) is 1.87. The van der Waals surface area contributed by atoms with Gasteiger partial charge in [0.1, 0.15) is 5.75 Å². The Morgan fingerprint density at radius 3 is 2.83 bits per heavy atom. The maximum Gasteiger partial charge on any atom is 0.257 e. The average Bonchev–Trinajstić information content (AvgIpc) is 3.14. The molecule has 2 heterocycles. The molecule has 1 aromatic heterocycles. The number of benzene rings is 1. The molecule has 2 aromatic rings. The number of rotatable bonds is 6. The molecule has 1 aliphatic heterocycles. The number of ether oxygens (including phenoxy) is 2. The second kappa shape index (κ2) is 7.81. The zero-order valence-electron chi connectivity index (χ0n) is 13.9. The van der Waals surface area contributed by atoms with E-state index in [1.54, 1.807) is 11.3 Å². The van der Waals surface area contributed by atoms with Crippen LogP contribution in [0.5, 0.6) is 5.75 Å². The molecule has 0 saturated carbocycles. The van der Waals surface area contributed by atoms with Crippen LogP contribution >= 0.6 is 11.3 Å². The van der Waals surface area contributed by atoms with Crippen LogP contribution in [0, 0.1) is 6.92 Å². The first-order chi connectivity index (χ1) is 11.7. The summed E-state index contributed by atoms with van der Waals surface area (Å²) in [6.45, 7) is 4.16. The minimum atomic E-state index is -0.0843. The first kappa shape index (κ1) is 17.0. The molecule has 128 valence electrons. The monoisotopic (exact) mass is 345 g/mol. The fraction of sp³-hybridized carbons (Fsp3) is 0.421. The summed E-state index contributed by atoms with van der Waals surface area (Å²) in [6, 6.07) is 12.0. The van der Waals surface area contributed by atoms with E-state index in [9.17, 15) is 4.79 Å². The Hall–Kier alpha value is -1.85. The zero-order chi connectivity index (χ0) is 16.8. The lowest BCUT2D eigenvalue weighted by atomic mass is 9.78. The van der Waals surface area contributed by atoms with Crippen LogP contribution in [0.1, 0.15) is 23.3 Å². The third-order valence-corrected chi connectivity index (χ3v) is 5.59. The number of hydrogen-bond acceptors (Lipinski definition) is 4. The highest BCUT2D eigenvalue weighted by molar-refractivity contribution is 7.10. The van der Waals surface area contributed by atoms with E-state index in [-0.39, 0.29) is 17.9 Å². The summed E-state index contributed by atoms with van der Waals surface area (Å²) in [7, 11) is 0. The molecule has 1 aromatic carbocycles. The number of aryl methyl sites for hydroxylation is 1. The highest BCUT2D eigenvalue weighted by Gasteiger charge is 2.35. The van der Waals surface area contributed by atoms with Crippen molar-refractivity contribution in [3.05, 3.63) is 52.2 Å². The Labute approximate surface area is 146 Å². The largest absolute Gasteiger partial charge is 0.484 e. The molecule has 0 bridgehead atoms. The summed E-state index contributed by atoms with van der Waals surface area (Å²) < 4.78 is 11.1. The molecule has 1 aliphatic rings. The third-order valence-electron chi connectivity index (χ3n) is 4.48. The topological polar surface area (TPSA) is 47.6 Å². The van der Waals surface area contributed by atoms with Gasteiger partial charge in [0, 0.05) is 30.1 Å². The molecule has 4 nitrogen and oxygen atoms in total. The van der Waals surface area contributed by atoms with Crippen molar-refractivity contribution < 1.29 is 14.3 Å². The number of nitrogens with one attached hydrogen (secondary N) is 1. The summed E-state index contributed by atoms with van der Waals surface area (Å²) in [5.41, 5.74) is 1.11. The van der Waals surface area contributed by atoms with E-state index in [0.29, 0.717) is 6.54 Å². The fourth-order valence-electron chi connectivity index (χ4n) is 3.03. The lowest BCUT2D eigenvalue weighted by Gasteiger charge is -2.36. The molecular formula is C19H23NO3S. The van der Waals surface area contributed by atoms with Gasteiger partial charge in [0.25, 0.3) is 5.91 Å². The van der Waals surface area contributed by atoms with Crippen LogP contribution in [0.25, 0.3) is 0 Å². The van der Waals surface area contributed by atoms with Crippen LogP contribution in [0.15, 0.2) is 41.8 Å². The Balaban J connectivity index is 1.55. The van der Waals surface area contributed by atoms with Crippen molar-refractivity contribution in [3.8, 4) is 5.75 Å². The van der Waals surface area contributed by atoms with Crippen molar-refractivity contribution in [2.45, 2.75) is 25.2 Å². The van der Waals surface area contributed by atoms with Crippen LogP contribution in [-0.4, -0.2) is 32.3 Å². The molecular weight excluding hydrogens is 322 g/mol. The van der Waals surface area contributed by atoms with Crippen molar-refractivity contribution in [2.75, 3.05) is 26.4 Å². The molecule has 0 atom stereocenters. The maximum atomic E-state index is 12.2. The Morgan fingerprint density at radius 2 is 2.12 bits per heavy atom. The van der Waals surface area contributed by atoms with Gasteiger partial charge in [-0.05, 0) is 48.9 Å².